The van der Waals surface area contributed by atoms with Crippen LogP contribution in [-0.2, 0) is 20.8 Å². The fourth-order valence-corrected chi connectivity index (χ4v) is 2.93. The van der Waals surface area contributed by atoms with Crippen molar-refractivity contribution in [3.63, 3.8) is 0 Å². The number of benzene rings is 1. The lowest BCUT2D eigenvalue weighted by atomic mass is 10.0. The Morgan fingerprint density at radius 2 is 1.52 bits per heavy atom. The van der Waals surface area contributed by atoms with Gasteiger partial charge in [-0.3, -0.25) is 14.4 Å². The lowest BCUT2D eigenvalue weighted by Gasteiger charge is -2.24. The molecule has 0 bridgehead atoms. The number of carbonyl (C=O) groups excluding carboxylic acids is 3. The smallest absolute Gasteiger partial charge is 0.246 e. The second-order valence-electron chi connectivity index (χ2n) is 8.41. The first-order valence-corrected chi connectivity index (χ1v) is 10.6. The molecule has 0 fully saturated rings. The molecule has 0 spiro atoms. The van der Waals surface area contributed by atoms with Crippen molar-refractivity contribution in [1.82, 2.24) is 10.6 Å². The van der Waals surface area contributed by atoms with Crippen molar-refractivity contribution in [3.8, 4) is 0 Å². The molecule has 2 atom stereocenters. The molecule has 1 aromatic carbocycles. The summed E-state index contributed by atoms with van der Waals surface area (Å²) < 4.78 is 0. The number of hydrogen-bond donors (Lipinski definition) is 3. The van der Waals surface area contributed by atoms with Crippen molar-refractivity contribution >= 4 is 23.4 Å². The van der Waals surface area contributed by atoms with Crippen LogP contribution in [0.3, 0.4) is 0 Å². The fraction of sp³-hybridized carbons (Fsp3) is 0.609. The van der Waals surface area contributed by atoms with Crippen LogP contribution < -0.4 is 16.0 Å². The van der Waals surface area contributed by atoms with Gasteiger partial charge < -0.3 is 16.0 Å². The third-order valence-electron chi connectivity index (χ3n) is 4.64. The van der Waals surface area contributed by atoms with Gasteiger partial charge in [0.2, 0.25) is 17.7 Å². The largest absolute Gasteiger partial charge is 0.344 e. The van der Waals surface area contributed by atoms with E-state index in [2.05, 4.69) is 29.8 Å². The zero-order valence-electron chi connectivity index (χ0n) is 18.7. The molecule has 3 amide bonds. The standard InChI is InChI=1S/C23H37N3O3/c1-7-8-9-20(27)26-21(16(4)5)23(29)24-17(6)22(28)25-19-12-10-18(11-13-19)14-15(2)3/h10-13,15-17,21H,7-9,14H2,1-6H3,(H,24,29)(H,25,28)(H,26,27)/t17-,21-/m0/s1. The molecule has 29 heavy (non-hydrogen) atoms. The molecule has 0 aromatic heterocycles. The van der Waals surface area contributed by atoms with Crippen molar-refractivity contribution in [1.29, 1.82) is 0 Å². The van der Waals surface area contributed by atoms with Crippen LogP contribution in [0.5, 0.6) is 0 Å². The molecule has 162 valence electrons. The number of anilines is 1. The molecule has 6 heteroatoms. The van der Waals surface area contributed by atoms with Crippen molar-refractivity contribution in [2.45, 2.75) is 79.3 Å². The van der Waals surface area contributed by atoms with Crippen molar-refractivity contribution in [2.24, 2.45) is 11.8 Å². The fourth-order valence-electron chi connectivity index (χ4n) is 2.93. The van der Waals surface area contributed by atoms with E-state index in [1.807, 2.05) is 45.0 Å². The molecule has 0 aliphatic heterocycles. The van der Waals surface area contributed by atoms with E-state index in [4.69, 9.17) is 0 Å². The molecular weight excluding hydrogens is 366 g/mol. The normalized spacial score (nSPS) is 13.1. The molecule has 1 aromatic rings. The SMILES string of the molecule is CCCCC(=O)N[C@H](C(=O)N[C@@H](C)C(=O)Nc1ccc(CC(C)C)cc1)C(C)C. The maximum Gasteiger partial charge on any atom is 0.246 e. The second kappa shape index (κ2) is 12.2. The van der Waals surface area contributed by atoms with Crippen molar-refractivity contribution in [3.05, 3.63) is 29.8 Å². The van der Waals surface area contributed by atoms with Crippen LogP contribution >= 0.6 is 0 Å². The molecule has 0 heterocycles. The Morgan fingerprint density at radius 3 is 2.03 bits per heavy atom. The average Bonchev–Trinajstić information content (AvgIpc) is 2.65. The zero-order chi connectivity index (χ0) is 22.0. The van der Waals surface area contributed by atoms with Crippen LogP contribution in [0.2, 0.25) is 0 Å². The van der Waals surface area contributed by atoms with Crippen LogP contribution in [0.25, 0.3) is 0 Å². The second-order valence-corrected chi connectivity index (χ2v) is 8.41. The predicted octanol–water partition coefficient (Wildman–Crippen LogP) is 3.66. The Labute approximate surface area is 175 Å². The number of amides is 3. The van der Waals surface area contributed by atoms with E-state index in [0.29, 0.717) is 18.0 Å². The summed E-state index contributed by atoms with van der Waals surface area (Å²) in [5.74, 6) is -0.291. The summed E-state index contributed by atoms with van der Waals surface area (Å²) >= 11 is 0. The predicted molar refractivity (Wildman–Crippen MR) is 118 cm³/mol. The summed E-state index contributed by atoms with van der Waals surface area (Å²) in [6.07, 6.45) is 3.09. The monoisotopic (exact) mass is 403 g/mol. The highest BCUT2D eigenvalue weighted by atomic mass is 16.2. The van der Waals surface area contributed by atoms with Gasteiger partial charge in [0.25, 0.3) is 0 Å². The van der Waals surface area contributed by atoms with Crippen molar-refractivity contribution in [2.75, 3.05) is 5.32 Å². The van der Waals surface area contributed by atoms with Gasteiger partial charge in [0, 0.05) is 12.1 Å². The minimum atomic E-state index is -0.716. The molecule has 1 rings (SSSR count). The number of nitrogens with one attached hydrogen (secondary N) is 3. The Kier molecular flexibility index (Phi) is 10.4. The lowest BCUT2D eigenvalue weighted by molar-refractivity contribution is -0.131. The molecule has 0 saturated carbocycles. The first kappa shape index (κ1) is 24.7. The summed E-state index contributed by atoms with van der Waals surface area (Å²) in [6, 6.07) is 6.36. The first-order valence-electron chi connectivity index (χ1n) is 10.6. The minimum Gasteiger partial charge on any atom is -0.344 e. The van der Waals surface area contributed by atoms with Crippen LogP contribution in [0, 0.1) is 11.8 Å². The van der Waals surface area contributed by atoms with E-state index >= 15 is 0 Å². The molecule has 0 aliphatic carbocycles. The highest BCUT2D eigenvalue weighted by Crippen LogP contribution is 2.13. The average molecular weight is 404 g/mol. The topological polar surface area (TPSA) is 87.3 Å². The third kappa shape index (κ3) is 9.11. The Hall–Kier alpha value is -2.37. The maximum absolute atomic E-state index is 12.6. The van der Waals surface area contributed by atoms with Crippen LogP contribution in [0.4, 0.5) is 5.69 Å². The van der Waals surface area contributed by atoms with E-state index < -0.39 is 12.1 Å². The van der Waals surface area contributed by atoms with Crippen LogP contribution in [-0.4, -0.2) is 29.8 Å². The minimum absolute atomic E-state index is 0.0793. The lowest BCUT2D eigenvalue weighted by Crippen LogP contribution is -2.53. The number of carbonyl (C=O) groups is 3. The van der Waals surface area contributed by atoms with Gasteiger partial charge >= 0.3 is 0 Å². The molecular formula is C23H37N3O3. The summed E-state index contributed by atoms with van der Waals surface area (Å²) in [7, 11) is 0. The van der Waals surface area contributed by atoms with Gasteiger partial charge in [0.15, 0.2) is 0 Å². The molecule has 0 aliphatic rings. The molecule has 0 saturated heterocycles. The Balaban J connectivity index is 2.62. The van der Waals surface area contributed by atoms with E-state index in [1.165, 1.54) is 5.56 Å². The first-order chi connectivity index (χ1) is 13.6. The van der Waals surface area contributed by atoms with Gasteiger partial charge in [0.05, 0.1) is 0 Å². The third-order valence-corrected chi connectivity index (χ3v) is 4.64. The van der Waals surface area contributed by atoms with Crippen molar-refractivity contribution < 1.29 is 14.4 Å². The molecule has 0 radical (unpaired) electrons. The van der Waals surface area contributed by atoms with Gasteiger partial charge in [-0.2, -0.15) is 0 Å². The summed E-state index contributed by atoms with van der Waals surface area (Å²) in [5.41, 5.74) is 1.91. The Morgan fingerprint density at radius 1 is 0.897 bits per heavy atom. The number of hydrogen-bond acceptors (Lipinski definition) is 3. The van der Waals surface area contributed by atoms with E-state index in [1.54, 1.807) is 6.92 Å². The van der Waals surface area contributed by atoms with Crippen LogP contribution in [0.1, 0.15) is 66.4 Å². The van der Waals surface area contributed by atoms with Crippen LogP contribution in [0.15, 0.2) is 24.3 Å². The van der Waals surface area contributed by atoms with Gasteiger partial charge in [-0.15, -0.1) is 0 Å². The van der Waals surface area contributed by atoms with Gasteiger partial charge in [-0.25, -0.2) is 0 Å². The zero-order valence-corrected chi connectivity index (χ0v) is 18.7. The summed E-state index contributed by atoms with van der Waals surface area (Å²) in [4.78, 5) is 37.1. The highest BCUT2D eigenvalue weighted by molar-refractivity contribution is 5.98. The number of unbranched alkanes of at least 4 members (excludes halogenated alkanes) is 1. The number of rotatable bonds is 11. The molecule has 0 unspecified atom stereocenters. The van der Waals surface area contributed by atoms with Gasteiger partial charge in [-0.05, 0) is 49.3 Å². The quantitative estimate of drug-likeness (QED) is 0.527. The summed E-state index contributed by atoms with van der Waals surface area (Å²) in [6.45, 7) is 11.7. The Bertz CT molecular complexity index is 668. The highest BCUT2D eigenvalue weighted by Gasteiger charge is 2.26. The van der Waals surface area contributed by atoms with Gasteiger partial charge in [0.1, 0.15) is 12.1 Å². The molecule has 3 N–H and O–H groups in total. The summed E-state index contributed by atoms with van der Waals surface area (Å²) in [5, 5.41) is 8.32. The van der Waals surface area contributed by atoms with E-state index in [0.717, 1.165) is 19.3 Å². The molecule has 6 nitrogen and oxygen atoms in total. The maximum atomic E-state index is 12.6. The van der Waals surface area contributed by atoms with E-state index in [-0.39, 0.29) is 23.6 Å². The van der Waals surface area contributed by atoms with E-state index in [9.17, 15) is 14.4 Å². The van der Waals surface area contributed by atoms with Gasteiger partial charge in [-0.1, -0.05) is 53.2 Å².